The number of carbonyl (C=O) groups excluding carboxylic acids is 2. The van der Waals surface area contributed by atoms with E-state index in [0.29, 0.717) is 16.8 Å². The van der Waals surface area contributed by atoms with Crippen molar-refractivity contribution in [2.45, 2.75) is 25.0 Å². The number of guanidine groups is 1. The van der Waals surface area contributed by atoms with Crippen LogP contribution < -0.4 is 21.5 Å². The number of carbonyl (C=O) groups is 2. The van der Waals surface area contributed by atoms with Crippen LogP contribution in [0.3, 0.4) is 0 Å². The highest BCUT2D eigenvalue weighted by Crippen LogP contribution is 2.26. The summed E-state index contributed by atoms with van der Waals surface area (Å²) in [5.41, 5.74) is 9.34. The van der Waals surface area contributed by atoms with Gasteiger partial charge in [0.1, 0.15) is 12.4 Å². The molecule has 0 saturated carbocycles. The quantitative estimate of drug-likeness (QED) is 0.185. The Morgan fingerprint density at radius 3 is 2.00 bits per heavy atom. The van der Waals surface area contributed by atoms with Crippen molar-refractivity contribution in [1.29, 1.82) is 0 Å². The van der Waals surface area contributed by atoms with Gasteiger partial charge in [-0.25, -0.2) is 23.4 Å². The number of halogens is 2. The second kappa shape index (κ2) is 11.6. The van der Waals surface area contributed by atoms with Crippen LogP contribution in [0.2, 0.25) is 0 Å². The lowest BCUT2D eigenvalue weighted by Crippen LogP contribution is -2.62. The summed E-state index contributed by atoms with van der Waals surface area (Å²) < 4.78 is 39.3. The van der Waals surface area contributed by atoms with Gasteiger partial charge in [0.25, 0.3) is 6.43 Å². The van der Waals surface area contributed by atoms with Gasteiger partial charge < -0.3 is 20.9 Å². The molecule has 5 N–H and O–H groups in total. The zero-order valence-corrected chi connectivity index (χ0v) is 18.6. The second-order valence-corrected chi connectivity index (χ2v) is 7.54. The number of rotatable bonds is 9. The van der Waals surface area contributed by atoms with Crippen LogP contribution in [0.15, 0.2) is 89.9 Å². The maximum absolute atomic E-state index is 14.5. The summed E-state index contributed by atoms with van der Waals surface area (Å²) in [5.74, 6) is -1.57. The predicted octanol–water partition coefficient (Wildman–Crippen LogP) is 3.67. The first kappa shape index (κ1) is 25.2. The molecule has 0 saturated heterocycles. The Bertz CT molecular complexity index is 1160. The highest BCUT2D eigenvalue weighted by Gasteiger charge is 2.51. The van der Waals surface area contributed by atoms with E-state index in [1.165, 1.54) is 24.3 Å². The van der Waals surface area contributed by atoms with Gasteiger partial charge in [-0.2, -0.15) is 0 Å². The van der Waals surface area contributed by atoms with Crippen LogP contribution in [-0.4, -0.2) is 30.0 Å². The van der Waals surface area contributed by atoms with Crippen molar-refractivity contribution in [3.8, 4) is 5.75 Å². The van der Waals surface area contributed by atoms with Crippen LogP contribution in [0.25, 0.3) is 0 Å². The summed E-state index contributed by atoms with van der Waals surface area (Å²) >= 11 is 0. The molecule has 35 heavy (non-hydrogen) atoms. The molecule has 182 valence electrons. The van der Waals surface area contributed by atoms with Crippen LogP contribution in [0.4, 0.5) is 19.3 Å². The zero-order chi connectivity index (χ0) is 25.3. The number of alkyl halides is 2. The van der Waals surface area contributed by atoms with Gasteiger partial charge in [-0.05, 0) is 35.4 Å². The molecule has 10 heteroatoms. The number of nitrogens with two attached hydrogens (primary N) is 2. The normalized spacial score (nSPS) is 12.3. The average molecular weight is 482 g/mol. The largest absolute Gasteiger partial charge is 0.445 e. The summed E-state index contributed by atoms with van der Waals surface area (Å²) in [6, 6.07) is 22.3. The fourth-order valence-electron chi connectivity index (χ4n) is 3.18. The number of benzene rings is 3. The molecule has 0 radical (unpaired) electrons. The number of aliphatic imine (C=N–C) groups is 1. The first-order valence-corrected chi connectivity index (χ1v) is 10.5. The summed E-state index contributed by atoms with van der Waals surface area (Å²) in [4.78, 5) is 29.5. The third-order valence-corrected chi connectivity index (χ3v) is 4.91. The van der Waals surface area contributed by atoms with Crippen molar-refractivity contribution in [2.24, 2.45) is 16.5 Å². The molecule has 1 unspecified atom stereocenters. The van der Waals surface area contributed by atoms with E-state index in [1.807, 2.05) is 0 Å². The Hall–Kier alpha value is -4.47. The standard InChI is InChI=1S/C25H24F2N4O4/c26-21(27)25(15-17-7-3-1-4-8-17,31-24(33)34-16-18-9-5-2-6-10-18)22(32)35-20-13-11-19(12-14-20)30-23(28)29/h1-14,21H,15-16H2,(H,31,33)(H4,28,29,30). The van der Waals surface area contributed by atoms with Crippen molar-refractivity contribution in [2.75, 3.05) is 0 Å². The molecule has 3 aromatic carbocycles. The maximum atomic E-state index is 14.5. The molecule has 3 aromatic rings. The third kappa shape index (κ3) is 7.00. The van der Waals surface area contributed by atoms with Crippen LogP contribution in [0.1, 0.15) is 11.1 Å². The van der Waals surface area contributed by atoms with Crippen molar-refractivity contribution >= 4 is 23.7 Å². The number of nitrogens with one attached hydrogen (secondary N) is 1. The average Bonchev–Trinajstić information content (AvgIpc) is 2.84. The topological polar surface area (TPSA) is 129 Å². The lowest BCUT2D eigenvalue weighted by molar-refractivity contribution is -0.149. The first-order chi connectivity index (χ1) is 16.8. The molecule has 0 aliphatic heterocycles. The Morgan fingerprint density at radius 2 is 1.46 bits per heavy atom. The molecule has 0 heterocycles. The summed E-state index contributed by atoms with van der Waals surface area (Å²) in [6.07, 6.45) is -5.04. The van der Waals surface area contributed by atoms with Gasteiger partial charge >= 0.3 is 12.1 Å². The molecule has 3 rings (SSSR count). The van der Waals surface area contributed by atoms with E-state index in [1.54, 1.807) is 60.7 Å². The Morgan fingerprint density at radius 1 is 0.886 bits per heavy atom. The van der Waals surface area contributed by atoms with Crippen LogP contribution in [0, 0.1) is 0 Å². The van der Waals surface area contributed by atoms with E-state index in [4.69, 9.17) is 20.9 Å². The van der Waals surface area contributed by atoms with Gasteiger partial charge in [-0.15, -0.1) is 0 Å². The lowest BCUT2D eigenvalue weighted by atomic mass is 9.91. The number of alkyl carbamates (subject to hydrolysis) is 1. The van der Waals surface area contributed by atoms with E-state index in [0.717, 1.165) is 0 Å². The Kier molecular flexibility index (Phi) is 8.33. The fourth-order valence-corrected chi connectivity index (χ4v) is 3.18. The van der Waals surface area contributed by atoms with Gasteiger partial charge in [0.15, 0.2) is 5.96 Å². The minimum atomic E-state index is -3.32. The monoisotopic (exact) mass is 482 g/mol. The van der Waals surface area contributed by atoms with E-state index in [-0.39, 0.29) is 18.3 Å². The molecule has 1 amide bonds. The van der Waals surface area contributed by atoms with Crippen molar-refractivity contribution in [3.05, 3.63) is 96.1 Å². The fraction of sp³-hybridized carbons (Fsp3) is 0.160. The summed E-state index contributed by atoms with van der Waals surface area (Å²) in [7, 11) is 0. The molecule has 0 spiro atoms. The molecule has 0 aliphatic rings. The van der Waals surface area contributed by atoms with Gasteiger partial charge in [0, 0.05) is 6.42 Å². The first-order valence-electron chi connectivity index (χ1n) is 10.5. The number of hydrogen-bond acceptors (Lipinski definition) is 5. The molecular weight excluding hydrogens is 458 g/mol. The minimum absolute atomic E-state index is 0.0397. The number of nitrogens with zero attached hydrogens (tertiary/aromatic N) is 1. The predicted molar refractivity (Wildman–Crippen MR) is 126 cm³/mol. The van der Waals surface area contributed by atoms with Crippen molar-refractivity contribution in [3.63, 3.8) is 0 Å². The van der Waals surface area contributed by atoms with Gasteiger partial charge in [0.05, 0.1) is 5.69 Å². The third-order valence-electron chi connectivity index (χ3n) is 4.91. The van der Waals surface area contributed by atoms with E-state index < -0.39 is 30.4 Å². The van der Waals surface area contributed by atoms with Crippen molar-refractivity contribution < 1.29 is 27.8 Å². The Balaban J connectivity index is 1.84. The summed E-state index contributed by atoms with van der Waals surface area (Å²) in [6.45, 7) is -0.168. The van der Waals surface area contributed by atoms with Gasteiger partial charge in [-0.3, -0.25) is 5.32 Å². The van der Waals surface area contributed by atoms with E-state index in [9.17, 15) is 18.4 Å². The maximum Gasteiger partial charge on any atom is 0.408 e. The van der Waals surface area contributed by atoms with Crippen LogP contribution in [-0.2, 0) is 22.6 Å². The Labute approximate surface area is 200 Å². The van der Waals surface area contributed by atoms with Gasteiger partial charge in [-0.1, -0.05) is 60.7 Å². The minimum Gasteiger partial charge on any atom is -0.445 e. The van der Waals surface area contributed by atoms with E-state index in [2.05, 4.69) is 10.3 Å². The zero-order valence-electron chi connectivity index (χ0n) is 18.6. The number of hydrogen-bond donors (Lipinski definition) is 3. The molecule has 0 aliphatic carbocycles. The molecule has 0 aromatic heterocycles. The van der Waals surface area contributed by atoms with E-state index >= 15 is 0 Å². The summed E-state index contributed by atoms with van der Waals surface area (Å²) in [5, 5.41) is 2.07. The highest BCUT2D eigenvalue weighted by atomic mass is 19.3. The number of esters is 1. The smallest absolute Gasteiger partial charge is 0.408 e. The lowest BCUT2D eigenvalue weighted by Gasteiger charge is -2.31. The number of amides is 1. The van der Waals surface area contributed by atoms with Crippen LogP contribution >= 0.6 is 0 Å². The number of ether oxygens (including phenoxy) is 2. The highest BCUT2D eigenvalue weighted by molar-refractivity contribution is 5.88. The van der Waals surface area contributed by atoms with Crippen LogP contribution in [0.5, 0.6) is 5.75 Å². The SMILES string of the molecule is NC(N)=Nc1ccc(OC(=O)C(Cc2ccccc2)(NC(=O)OCc2ccccc2)C(F)F)cc1. The molecule has 0 bridgehead atoms. The van der Waals surface area contributed by atoms with Gasteiger partial charge in [0.2, 0.25) is 5.54 Å². The molecule has 0 fully saturated rings. The molecule has 8 nitrogen and oxygen atoms in total. The molecular formula is C25H24F2N4O4. The van der Waals surface area contributed by atoms with Crippen molar-refractivity contribution in [1.82, 2.24) is 5.32 Å². The molecule has 1 atom stereocenters. The second-order valence-electron chi connectivity index (χ2n) is 7.54.